The Labute approximate surface area is 379 Å². The van der Waals surface area contributed by atoms with E-state index in [0.717, 1.165) is 5.69 Å². The van der Waals surface area contributed by atoms with E-state index < -0.39 is 5.41 Å². The molecule has 12 aromatic rings. The van der Waals surface area contributed by atoms with Crippen LogP contribution in [0.5, 0.6) is 0 Å². The van der Waals surface area contributed by atoms with Crippen molar-refractivity contribution in [2.24, 2.45) is 0 Å². The highest BCUT2D eigenvalue weighted by Gasteiger charge is 2.47. The van der Waals surface area contributed by atoms with E-state index in [0.29, 0.717) is 0 Å². The van der Waals surface area contributed by atoms with Gasteiger partial charge in [0.1, 0.15) is 0 Å². The average Bonchev–Trinajstić information content (AvgIpc) is 3.88. The molecule has 65 heavy (non-hydrogen) atoms. The van der Waals surface area contributed by atoms with Crippen LogP contribution in [0.2, 0.25) is 0 Å². The first-order chi connectivity index (χ1) is 32.3. The number of nitrogens with zero attached hydrogens (tertiary/aromatic N) is 1. The predicted octanol–water partition coefficient (Wildman–Crippen LogP) is 16.3. The van der Waals surface area contributed by atoms with Gasteiger partial charge in [-0.05, 0) is 95.6 Å². The maximum atomic E-state index is 2.57. The second-order valence-electron chi connectivity index (χ2n) is 17.5. The highest BCUT2D eigenvalue weighted by molar-refractivity contribution is 6.18. The van der Waals surface area contributed by atoms with Crippen LogP contribution in [0.3, 0.4) is 0 Å². The summed E-state index contributed by atoms with van der Waals surface area (Å²) < 4.78 is 2.50. The van der Waals surface area contributed by atoms with Crippen molar-refractivity contribution in [1.82, 2.24) is 4.57 Å². The van der Waals surface area contributed by atoms with Gasteiger partial charge in [-0.15, -0.1) is 0 Å². The zero-order chi connectivity index (χ0) is 42.9. The predicted molar refractivity (Wildman–Crippen MR) is 272 cm³/mol. The zero-order valence-electron chi connectivity index (χ0n) is 35.8. The van der Waals surface area contributed by atoms with Crippen molar-refractivity contribution in [3.63, 3.8) is 0 Å². The Kier molecular flexibility index (Phi) is 8.57. The fraction of sp³-hybridized carbons (Fsp3) is 0.0312. The van der Waals surface area contributed by atoms with Gasteiger partial charge in [0, 0.05) is 27.8 Å². The van der Waals surface area contributed by atoms with Crippen LogP contribution < -0.4 is 0 Å². The minimum atomic E-state index is -0.594. The van der Waals surface area contributed by atoms with E-state index in [4.69, 9.17) is 0 Å². The molecule has 1 aliphatic carbocycles. The summed E-state index contributed by atoms with van der Waals surface area (Å²) in [5, 5.41) is 7.51. The van der Waals surface area contributed by atoms with Crippen molar-refractivity contribution in [3.05, 3.63) is 294 Å². The van der Waals surface area contributed by atoms with Crippen molar-refractivity contribution >= 4 is 43.4 Å². The first-order valence-corrected chi connectivity index (χ1v) is 22.7. The maximum absolute atomic E-state index is 2.57. The van der Waals surface area contributed by atoms with Crippen LogP contribution in [-0.2, 0) is 5.41 Å². The zero-order valence-corrected chi connectivity index (χ0v) is 35.8. The third-order valence-electron chi connectivity index (χ3n) is 14.2. The molecule has 0 radical (unpaired) electrons. The second kappa shape index (κ2) is 14.9. The van der Waals surface area contributed by atoms with Crippen LogP contribution >= 0.6 is 0 Å². The molecule has 0 fully saturated rings. The van der Waals surface area contributed by atoms with Gasteiger partial charge in [0.25, 0.3) is 0 Å². The maximum Gasteiger partial charge on any atom is 0.0719 e. The quantitative estimate of drug-likeness (QED) is 0.141. The average molecular weight is 826 g/mol. The molecule has 1 aromatic heterocycles. The summed E-state index contributed by atoms with van der Waals surface area (Å²) in [5.74, 6) is -0.0867. The Balaban J connectivity index is 1.13. The van der Waals surface area contributed by atoms with Crippen LogP contribution in [0.15, 0.2) is 255 Å². The monoisotopic (exact) mass is 825 g/mol. The number of benzene rings is 11. The van der Waals surface area contributed by atoms with Gasteiger partial charge in [0.05, 0.1) is 16.4 Å². The van der Waals surface area contributed by atoms with Crippen LogP contribution in [0.1, 0.15) is 44.9 Å². The van der Waals surface area contributed by atoms with Crippen LogP contribution in [-0.4, -0.2) is 4.57 Å². The SMILES string of the molecule is c1ccc(-c2ccccc2C2(c3ccccc3)c3ccccc3-c3ccc(C(c4ccc5c6ccc7ccccc7c6n(-c6ccccc6)c5c4)c4cccc5ccccc45)cc32)cc1. The molecule has 1 heteroatoms. The lowest BCUT2D eigenvalue weighted by Crippen LogP contribution is -2.29. The lowest BCUT2D eigenvalue weighted by molar-refractivity contribution is 0.767. The normalized spacial score (nSPS) is 14.8. The fourth-order valence-electron chi connectivity index (χ4n) is 11.5. The summed E-state index contributed by atoms with van der Waals surface area (Å²) in [6.45, 7) is 0. The minimum absolute atomic E-state index is 0.0867. The van der Waals surface area contributed by atoms with Crippen molar-refractivity contribution in [2.75, 3.05) is 0 Å². The summed E-state index contributed by atoms with van der Waals surface area (Å²) in [5.41, 5.74) is 17.0. The van der Waals surface area contributed by atoms with E-state index in [1.807, 2.05) is 0 Å². The molecule has 0 saturated heterocycles. The van der Waals surface area contributed by atoms with Crippen molar-refractivity contribution in [3.8, 4) is 27.9 Å². The van der Waals surface area contributed by atoms with Gasteiger partial charge >= 0.3 is 0 Å². The van der Waals surface area contributed by atoms with Gasteiger partial charge < -0.3 is 4.57 Å². The van der Waals surface area contributed by atoms with E-state index in [1.54, 1.807) is 0 Å². The largest absolute Gasteiger partial charge is 0.309 e. The Morgan fingerprint density at radius 2 is 0.892 bits per heavy atom. The number of aromatic nitrogens is 1. The van der Waals surface area contributed by atoms with Crippen LogP contribution in [0.25, 0.3) is 71.3 Å². The molecule has 0 bridgehead atoms. The van der Waals surface area contributed by atoms with E-state index in [-0.39, 0.29) is 5.92 Å². The molecule has 0 amide bonds. The molecule has 0 saturated carbocycles. The molecule has 1 heterocycles. The van der Waals surface area contributed by atoms with Crippen LogP contribution in [0.4, 0.5) is 0 Å². The standard InChI is InChI=1S/C64H43N/c1-4-19-44(20-5-1)51-29-14-16-33-58(51)64(48-24-6-2-7-25-48)59-34-17-15-31-53(59)54-38-36-46(41-60(54)64)62(56-32-18-23-43-21-10-12-28-50(43)56)47-37-39-55-57-40-35-45-22-11-13-30-52(45)63(57)65(61(55)42-47)49-26-8-3-9-27-49/h1-42,62H. The van der Waals surface area contributed by atoms with Crippen molar-refractivity contribution in [1.29, 1.82) is 0 Å². The number of rotatable bonds is 7. The number of hydrogen-bond donors (Lipinski definition) is 0. The van der Waals surface area contributed by atoms with E-state index in [2.05, 4.69) is 259 Å². The Hall–Kier alpha value is -8.26. The van der Waals surface area contributed by atoms with Crippen LogP contribution in [0, 0.1) is 0 Å². The second-order valence-corrected chi connectivity index (χ2v) is 17.5. The third kappa shape index (κ3) is 5.65. The molecular formula is C64H43N. The number of hydrogen-bond acceptors (Lipinski definition) is 0. The highest BCUT2D eigenvalue weighted by atomic mass is 15.0. The Morgan fingerprint density at radius 3 is 1.68 bits per heavy atom. The molecule has 1 nitrogen and oxygen atoms in total. The summed E-state index contributed by atoms with van der Waals surface area (Å²) in [6, 6.07) is 95.0. The lowest BCUT2D eigenvalue weighted by Gasteiger charge is -2.36. The minimum Gasteiger partial charge on any atom is -0.309 e. The van der Waals surface area contributed by atoms with E-state index >= 15 is 0 Å². The van der Waals surface area contributed by atoms with Gasteiger partial charge in [0.2, 0.25) is 0 Å². The molecule has 2 unspecified atom stereocenters. The van der Waals surface area contributed by atoms with Gasteiger partial charge in [-0.1, -0.05) is 237 Å². The smallest absolute Gasteiger partial charge is 0.0719 e. The lowest BCUT2D eigenvalue weighted by atomic mass is 9.65. The molecule has 0 aliphatic heterocycles. The first kappa shape index (κ1) is 37.3. The summed E-state index contributed by atoms with van der Waals surface area (Å²) in [7, 11) is 0. The summed E-state index contributed by atoms with van der Waals surface area (Å²) in [4.78, 5) is 0. The summed E-state index contributed by atoms with van der Waals surface area (Å²) >= 11 is 0. The first-order valence-electron chi connectivity index (χ1n) is 22.7. The van der Waals surface area contributed by atoms with E-state index in [9.17, 15) is 0 Å². The van der Waals surface area contributed by atoms with Gasteiger partial charge in [-0.25, -0.2) is 0 Å². The van der Waals surface area contributed by atoms with E-state index in [1.165, 1.54) is 105 Å². The molecule has 0 N–H and O–H groups in total. The fourth-order valence-corrected chi connectivity index (χ4v) is 11.5. The molecular weight excluding hydrogens is 783 g/mol. The third-order valence-corrected chi connectivity index (χ3v) is 14.2. The molecule has 2 atom stereocenters. The van der Waals surface area contributed by atoms with Gasteiger partial charge in [0.15, 0.2) is 0 Å². The molecule has 13 rings (SSSR count). The van der Waals surface area contributed by atoms with Gasteiger partial charge in [-0.2, -0.15) is 0 Å². The Bertz CT molecular complexity index is 3760. The van der Waals surface area contributed by atoms with Crippen molar-refractivity contribution < 1.29 is 0 Å². The molecule has 11 aromatic carbocycles. The molecule has 1 aliphatic rings. The number of fused-ring (bicyclic) bond motifs is 9. The molecule has 304 valence electrons. The van der Waals surface area contributed by atoms with Gasteiger partial charge in [-0.3, -0.25) is 0 Å². The van der Waals surface area contributed by atoms with Crippen molar-refractivity contribution in [2.45, 2.75) is 11.3 Å². The molecule has 0 spiro atoms. The highest BCUT2D eigenvalue weighted by Crippen LogP contribution is 2.58. The summed E-state index contributed by atoms with van der Waals surface area (Å²) in [6.07, 6.45) is 0. The Morgan fingerprint density at radius 1 is 0.338 bits per heavy atom. The number of para-hydroxylation sites is 1. The topological polar surface area (TPSA) is 4.93 Å².